The van der Waals surface area contributed by atoms with Gasteiger partial charge in [0.2, 0.25) is 0 Å². The van der Waals surface area contributed by atoms with Crippen molar-refractivity contribution < 1.29 is 9.53 Å². The summed E-state index contributed by atoms with van der Waals surface area (Å²) in [6.07, 6.45) is 1.10. The quantitative estimate of drug-likeness (QED) is 0.726. The van der Waals surface area contributed by atoms with Gasteiger partial charge in [0.15, 0.2) is 6.61 Å². The molecule has 1 heterocycles. The molecule has 0 aromatic heterocycles. The Bertz CT molecular complexity index is 910. The highest BCUT2D eigenvalue weighted by atomic mass is 16.5. The van der Waals surface area contributed by atoms with Gasteiger partial charge in [-0.25, -0.2) is 0 Å². The molecule has 4 nitrogen and oxygen atoms in total. The molecule has 1 saturated heterocycles. The molecule has 0 saturated carbocycles. The molecule has 0 unspecified atom stereocenters. The van der Waals surface area contributed by atoms with E-state index in [-0.39, 0.29) is 12.5 Å². The first-order valence-corrected chi connectivity index (χ1v) is 9.46. The molecule has 138 valence electrons. The Hall–Kier alpha value is -3.01. The van der Waals surface area contributed by atoms with Gasteiger partial charge in [-0.3, -0.25) is 4.79 Å². The predicted molar refractivity (Wildman–Crippen MR) is 109 cm³/mol. The summed E-state index contributed by atoms with van der Waals surface area (Å²) in [6, 6.07) is 24.4. The maximum absolute atomic E-state index is 12.1. The highest BCUT2D eigenvalue weighted by Gasteiger charge is 2.22. The van der Waals surface area contributed by atoms with Gasteiger partial charge in [0, 0.05) is 25.3 Å². The molecule has 1 fully saturated rings. The molecular weight excluding hydrogens is 336 g/mol. The van der Waals surface area contributed by atoms with Crippen molar-refractivity contribution in [3.05, 3.63) is 72.8 Å². The van der Waals surface area contributed by atoms with E-state index in [4.69, 9.17) is 4.74 Å². The van der Waals surface area contributed by atoms with Gasteiger partial charge >= 0.3 is 0 Å². The lowest BCUT2D eigenvalue weighted by Crippen LogP contribution is -2.34. The van der Waals surface area contributed by atoms with Crippen LogP contribution in [0.15, 0.2) is 72.8 Å². The van der Waals surface area contributed by atoms with Crippen LogP contribution in [0, 0.1) is 5.92 Å². The molecule has 3 aromatic carbocycles. The zero-order chi connectivity index (χ0) is 18.5. The monoisotopic (exact) mass is 360 g/mol. The predicted octanol–water partition coefficient (Wildman–Crippen LogP) is 3.86. The van der Waals surface area contributed by atoms with Gasteiger partial charge in [0.1, 0.15) is 5.75 Å². The number of hydrogen-bond donors (Lipinski definition) is 1. The topological polar surface area (TPSA) is 41.6 Å². The molecule has 3 aromatic rings. The summed E-state index contributed by atoms with van der Waals surface area (Å²) in [5.41, 5.74) is 1.26. The van der Waals surface area contributed by atoms with Crippen LogP contribution in [0.1, 0.15) is 6.42 Å². The molecule has 1 N–H and O–H groups in total. The number of ether oxygens (including phenoxy) is 1. The zero-order valence-corrected chi connectivity index (χ0v) is 15.3. The Labute approximate surface area is 159 Å². The Morgan fingerprint density at radius 3 is 2.63 bits per heavy atom. The first-order valence-electron chi connectivity index (χ1n) is 9.46. The van der Waals surface area contributed by atoms with Crippen LogP contribution in [0.5, 0.6) is 5.75 Å². The highest BCUT2D eigenvalue weighted by Crippen LogP contribution is 2.23. The number of benzene rings is 3. The van der Waals surface area contributed by atoms with Crippen molar-refractivity contribution in [2.75, 3.05) is 31.1 Å². The minimum Gasteiger partial charge on any atom is -0.484 e. The third kappa shape index (κ3) is 4.40. The summed E-state index contributed by atoms with van der Waals surface area (Å²) >= 11 is 0. The molecular formula is C23H24N2O2. The van der Waals surface area contributed by atoms with Crippen molar-refractivity contribution in [1.82, 2.24) is 5.32 Å². The summed E-state index contributed by atoms with van der Waals surface area (Å²) in [4.78, 5) is 14.5. The van der Waals surface area contributed by atoms with Crippen molar-refractivity contribution in [2.24, 2.45) is 5.92 Å². The van der Waals surface area contributed by atoms with E-state index in [1.807, 2.05) is 42.5 Å². The largest absolute Gasteiger partial charge is 0.484 e. The lowest BCUT2D eigenvalue weighted by molar-refractivity contribution is -0.123. The van der Waals surface area contributed by atoms with Crippen LogP contribution < -0.4 is 15.0 Å². The molecule has 0 spiro atoms. The second-order valence-corrected chi connectivity index (χ2v) is 7.04. The fraction of sp³-hybridized carbons (Fsp3) is 0.261. The lowest BCUT2D eigenvalue weighted by Gasteiger charge is -2.18. The summed E-state index contributed by atoms with van der Waals surface area (Å²) in [5.74, 6) is 1.14. The Kier molecular flexibility index (Phi) is 5.24. The van der Waals surface area contributed by atoms with Crippen LogP contribution in [0.3, 0.4) is 0 Å². The molecule has 27 heavy (non-hydrogen) atoms. The molecule has 1 amide bonds. The minimum atomic E-state index is -0.0682. The fourth-order valence-corrected chi connectivity index (χ4v) is 3.59. The first kappa shape index (κ1) is 17.4. The van der Waals surface area contributed by atoms with Crippen LogP contribution in [-0.2, 0) is 4.79 Å². The van der Waals surface area contributed by atoms with E-state index in [9.17, 15) is 4.79 Å². The molecule has 0 radical (unpaired) electrons. The SMILES string of the molecule is O=C(COc1ccc2ccccc2c1)NC[C@H]1CCN(c2ccccc2)C1. The van der Waals surface area contributed by atoms with Crippen molar-refractivity contribution in [2.45, 2.75) is 6.42 Å². The number of nitrogens with zero attached hydrogens (tertiary/aromatic N) is 1. The van der Waals surface area contributed by atoms with Crippen molar-refractivity contribution in [3.63, 3.8) is 0 Å². The van der Waals surface area contributed by atoms with Crippen LogP contribution in [0.4, 0.5) is 5.69 Å². The third-order valence-corrected chi connectivity index (χ3v) is 5.09. The molecule has 1 aliphatic rings. The van der Waals surface area contributed by atoms with E-state index < -0.39 is 0 Å². The summed E-state index contributed by atoms with van der Waals surface area (Å²) in [7, 11) is 0. The van der Waals surface area contributed by atoms with Gasteiger partial charge in [0.25, 0.3) is 5.91 Å². The van der Waals surface area contributed by atoms with E-state index in [2.05, 4.69) is 40.5 Å². The van der Waals surface area contributed by atoms with Gasteiger partial charge in [-0.15, -0.1) is 0 Å². The number of amides is 1. The number of hydrogen-bond acceptors (Lipinski definition) is 3. The van der Waals surface area contributed by atoms with Gasteiger partial charge in [-0.2, -0.15) is 0 Å². The number of nitrogens with one attached hydrogen (secondary N) is 1. The fourth-order valence-electron chi connectivity index (χ4n) is 3.59. The van der Waals surface area contributed by atoms with E-state index in [1.54, 1.807) is 0 Å². The maximum Gasteiger partial charge on any atom is 0.257 e. The summed E-state index contributed by atoms with van der Waals surface area (Å²) < 4.78 is 5.66. The maximum atomic E-state index is 12.1. The number of carbonyl (C=O) groups is 1. The van der Waals surface area contributed by atoms with E-state index in [1.165, 1.54) is 11.1 Å². The smallest absolute Gasteiger partial charge is 0.257 e. The zero-order valence-electron chi connectivity index (χ0n) is 15.3. The van der Waals surface area contributed by atoms with Crippen LogP contribution >= 0.6 is 0 Å². The second-order valence-electron chi connectivity index (χ2n) is 7.04. The van der Waals surface area contributed by atoms with Gasteiger partial charge in [-0.05, 0) is 47.4 Å². The Balaban J connectivity index is 1.23. The van der Waals surface area contributed by atoms with Crippen LogP contribution in [-0.4, -0.2) is 32.1 Å². The van der Waals surface area contributed by atoms with Gasteiger partial charge in [-0.1, -0.05) is 48.5 Å². The standard InChI is InChI=1S/C23H24N2O2/c26-23(17-27-22-11-10-19-6-4-5-7-20(19)14-22)24-15-18-12-13-25(16-18)21-8-2-1-3-9-21/h1-11,14,18H,12-13,15-17H2,(H,24,26)/t18-/m1/s1. The molecule has 0 bridgehead atoms. The molecule has 4 heteroatoms. The molecule has 0 aliphatic carbocycles. The Morgan fingerprint density at radius 1 is 1.00 bits per heavy atom. The number of carbonyl (C=O) groups excluding carboxylic acids is 1. The van der Waals surface area contributed by atoms with Crippen molar-refractivity contribution >= 4 is 22.4 Å². The number of anilines is 1. The van der Waals surface area contributed by atoms with E-state index >= 15 is 0 Å². The van der Waals surface area contributed by atoms with Gasteiger partial charge in [0.05, 0.1) is 0 Å². The van der Waals surface area contributed by atoms with E-state index in [0.717, 1.165) is 30.6 Å². The molecule has 1 atom stereocenters. The normalized spacial score (nSPS) is 16.4. The van der Waals surface area contributed by atoms with E-state index in [0.29, 0.717) is 12.5 Å². The lowest BCUT2D eigenvalue weighted by atomic mass is 10.1. The van der Waals surface area contributed by atoms with Gasteiger partial charge < -0.3 is 15.0 Å². The highest BCUT2D eigenvalue weighted by molar-refractivity contribution is 5.84. The third-order valence-electron chi connectivity index (χ3n) is 5.09. The summed E-state index contributed by atoms with van der Waals surface area (Å²) in [5, 5.41) is 5.29. The Morgan fingerprint density at radius 2 is 1.78 bits per heavy atom. The summed E-state index contributed by atoms with van der Waals surface area (Å²) in [6.45, 7) is 2.77. The molecule has 4 rings (SSSR count). The molecule has 1 aliphatic heterocycles. The second kappa shape index (κ2) is 8.12. The van der Waals surface area contributed by atoms with Crippen molar-refractivity contribution in [3.8, 4) is 5.75 Å². The average Bonchev–Trinajstić information content (AvgIpc) is 3.20. The average molecular weight is 360 g/mol. The van der Waals surface area contributed by atoms with Crippen LogP contribution in [0.25, 0.3) is 10.8 Å². The van der Waals surface area contributed by atoms with Crippen molar-refractivity contribution in [1.29, 1.82) is 0 Å². The number of para-hydroxylation sites is 1. The van der Waals surface area contributed by atoms with Crippen LogP contribution in [0.2, 0.25) is 0 Å². The number of fused-ring (bicyclic) bond motifs is 1. The number of rotatable bonds is 6. The minimum absolute atomic E-state index is 0.0491. The first-order chi connectivity index (χ1) is 13.3.